The molecule has 0 amide bonds. The maximum atomic E-state index is 9.21. The molecule has 1 heterocycles. The van der Waals surface area contributed by atoms with E-state index in [0.29, 0.717) is 6.54 Å². The van der Waals surface area contributed by atoms with Crippen molar-refractivity contribution in [3.63, 3.8) is 0 Å². The molecule has 0 saturated heterocycles. The molecule has 0 bridgehead atoms. The summed E-state index contributed by atoms with van der Waals surface area (Å²) in [5.41, 5.74) is 0. The standard InChI is InChI=1S/C15H28N4O/c1-4-7-13-17-14(16-8-5-2)12-15(18-13)19(9-6-3)10-11-20/h12,20H,4-11H2,1-3H3,(H,16,17,18). The van der Waals surface area contributed by atoms with Crippen LogP contribution >= 0.6 is 0 Å². The predicted molar refractivity (Wildman–Crippen MR) is 84.4 cm³/mol. The fraction of sp³-hybridized carbons (Fsp3) is 0.733. The largest absolute Gasteiger partial charge is 0.395 e. The summed E-state index contributed by atoms with van der Waals surface area (Å²) in [5, 5.41) is 12.5. The SMILES string of the molecule is CCCNc1cc(N(CCC)CCO)nc(CCC)n1. The lowest BCUT2D eigenvalue weighted by atomic mass is 10.3. The Kier molecular flexibility index (Phi) is 7.95. The fourth-order valence-corrected chi connectivity index (χ4v) is 2.06. The number of anilines is 2. The lowest BCUT2D eigenvalue weighted by Crippen LogP contribution is -2.29. The van der Waals surface area contributed by atoms with Crippen molar-refractivity contribution in [1.29, 1.82) is 0 Å². The van der Waals surface area contributed by atoms with E-state index < -0.39 is 0 Å². The Morgan fingerprint density at radius 2 is 1.90 bits per heavy atom. The van der Waals surface area contributed by atoms with Gasteiger partial charge in [-0.1, -0.05) is 20.8 Å². The molecule has 0 spiro atoms. The van der Waals surface area contributed by atoms with Crippen LogP contribution in [0.5, 0.6) is 0 Å². The molecular weight excluding hydrogens is 252 g/mol. The van der Waals surface area contributed by atoms with Crippen molar-refractivity contribution >= 4 is 11.6 Å². The van der Waals surface area contributed by atoms with Gasteiger partial charge in [0.25, 0.3) is 0 Å². The first-order valence-corrected chi connectivity index (χ1v) is 7.72. The summed E-state index contributed by atoms with van der Waals surface area (Å²) in [5.74, 6) is 2.68. The Balaban J connectivity index is 2.97. The molecule has 1 aromatic heterocycles. The molecule has 114 valence electrons. The molecule has 0 radical (unpaired) electrons. The first-order chi connectivity index (χ1) is 9.74. The molecule has 2 N–H and O–H groups in total. The third-order valence-electron chi connectivity index (χ3n) is 2.98. The van der Waals surface area contributed by atoms with Gasteiger partial charge in [-0.25, -0.2) is 9.97 Å². The van der Waals surface area contributed by atoms with Crippen LogP contribution in [-0.2, 0) is 6.42 Å². The average molecular weight is 280 g/mol. The Bertz CT molecular complexity index is 378. The van der Waals surface area contributed by atoms with E-state index in [9.17, 15) is 5.11 Å². The molecule has 0 aliphatic carbocycles. The average Bonchev–Trinajstić information content (AvgIpc) is 2.45. The minimum Gasteiger partial charge on any atom is -0.395 e. The first-order valence-electron chi connectivity index (χ1n) is 7.72. The van der Waals surface area contributed by atoms with Crippen LogP contribution in [0.3, 0.4) is 0 Å². The van der Waals surface area contributed by atoms with Crippen molar-refractivity contribution in [2.45, 2.75) is 46.5 Å². The summed E-state index contributed by atoms with van der Waals surface area (Å²) < 4.78 is 0. The summed E-state index contributed by atoms with van der Waals surface area (Å²) in [4.78, 5) is 11.3. The first kappa shape index (κ1) is 16.7. The van der Waals surface area contributed by atoms with Crippen molar-refractivity contribution in [2.24, 2.45) is 0 Å². The van der Waals surface area contributed by atoms with Gasteiger partial charge in [-0.2, -0.15) is 0 Å². The van der Waals surface area contributed by atoms with Gasteiger partial charge in [0.2, 0.25) is 0 Å². The monoisotopic (exact) mass is 280 g/mol. The quantitative estimate of drug-likeness (QED) is 0.689. The highest BCUT2D eigenvalue weighted by Gasteiger charge is 2.10. The summed E-state index contributed by atoms with van der Waals surface area (Å²) >= 11 is 0. The predicted octanol–water partition coefficient (Wildman–Crippen LogP) is 2.46. The second-order valence-corrected chi connectivity index (χ2v) is 4.92. The van der Waals surface area contributed by atoms with E-state index in [1.807, 2.05) is 6.07 Å². The van der Waals surface area contributed by atoms with E-state index in [2.05, 4.69) is 41.0 Å². The van der Waals surface area contributed by atoms with E-state index in [-0.39, 0.29) is 6.61 Å². The second kappa shape index (κ2) is 9.53. The van der Waals surface area contributed by atoms with Crippen LogP contribution in [0, 0.1) is 0 Å². The van der Waals surface area contributed by atoms with Gasteiger partial charge in [0.1, 0.15) is 17.5 Å². The van der Waals surface area contributed by atoms with Gasteiger partial charge in [0.15, 0.2) is 0 Å². The third kappa shape index (κ3) is 5.33. The van der Waals surface area contributed by atoms with Crippen LogP contribution in [0.15, 0.2) is 6.07 Å². The van der Waals surface area contributed by atoms with Gasteiger partial charge in [-0.3, -0.25) is 0 Å². The molecule has 5 nitrogen and oxygen atoms in total. The molecular formula is C15H28N4O. The van der Waals surface area contributed by atoms with Gasteiger partial charge in [-0.05, 0) is 19.3 Å². The van der Waals surface area contributed by atoms with Crippen LogP contribution in [0.25, 0.3) is 0 Å². The van der Waals surface area contributed by atoms with Crippen LogP contribution in [0.2, 0.25) is 0 Å². The number of aliphatic hydroxyl groups excluding tert-OH is 1. The van der Waals surface area contributed by atoms with E-state index >= 15 is 0 Å². The smallest absolute Gasteiger partial charge is 0.134 e. The van der Waals surface area contributed by atoms with Gasteiger partial charge in [0, 0.05) is 32.1 Å². The fourth-order valence-electron chi connectivity index (χ4n) is 2.06. The maximum Gasteiger partial charge on any atom is 0.134 e. The topological polar surface area (TPSA) is 61.3 Å². The Morgan fingerprint density at radius 3 is 2.50 bits per heavy atom. The zero-order valence-corrected chi connectivity index (χ0v) is 13.0. The van der Waals surface area contributed by atoms with E-state index in [1.165, 1.54) is 0 Å². The molecule has 0 aliphatic heterocycles. The number of nitrogens with zero attached hydrogens (tertiary/aromatic N) is 3. The summed E-state index contributed by atoms with van der Waals surface area (Å²) in [6.07, 6.45) is 4.01. The van der Waals surface area contributed by atoms with Crippen molar-refractivity contribution in [3.8, 4) is 0 Å². The number of aliphatic hydroxyl groups is 1. The normalized spacial score (nSPS) is 10.6. The van der Waals surface area contributed by atoms with Crippen LogP contribution in [0.1, 0.15) is 45.9 Å². The second-order valence-electron chi connectivity index (χ2n) is 4.92. The van der Waals surface area contributed by atoms with Crippen molar-refractivity contribution in [3.05, 3.63) is 11.9 Å². The van der Waals surface area contributed by atoms with E-state index in [4.69, 9.17) is 0 Å². The number of aromatic nitrogens is 2. The van der Waals surface area contributed by atoms with Crippen molar-refractivity contribution < 1.29 is 5.11 Å². The highest BCUT2D eigenvalue weighted by atomic mass is 16.3. The van der Waals surface area contributed by atoms with Crippen molar-refractivity contribution in [1.82, 2.24) is 9.97 Å². The number of rotatable bonds is 10. The molecule has 5 heteroatoms. The Morgan fingerprint density at radius 1 is 1.10 bits per heavy atom. The van der Waals surface area contributed by atoms with Gasteiger partial charge < -0.3 is 15.3 Å². The zero-order valence-electron chi connectivity index (χ0n) is 13.0. The summed E-state index contributed by atoms with van der Waals surface area (Å²) in [7, 11) is 0. The lowest BCUT2D eigenvalue weighted by molar-refractivity contribution is 0.301. The summed E-state index contributed by atoms with van der Waals surface area (Å²) in [6, 6.07) is 1.99. The highest BCUT2D eigenvalue weighted by Crippen LogP contribution is 2.17. The van der Waals surface area contributed by atoms with E-state index in [0.717, 1.165) is 56.2 Å². The molecule has 1 aromatic rings. The minimum atomic E-state index is 0.144. The van der Waals surface area contributed by atoms with Gasteiger partial charge in [0.05, 0.1) is 6.61 Å². The molecule has 0 fully saturated rings. The van der Waals surface area contributed by atoms with Crippen LogP contribution < -0.4 is 10.2 Å². The maximum absolute atomic E-state index is 9.21. The Hall–Kier alpha value is -1.36. The molecule has 0 aromatic carbocycles. The molecule has 0 aliphatic rings. The van der Waals surface area contributed by atoms with Crippen LogP contribution in [-0.4, -0.2) is 41.3 Å². The van der Waals surface area contributed by atoms with Gasteiger partial charge in [-0.15, -0.1) is 0 Å². The zero-order chi connectivity index (χ0) is 14.8. The Labute approximate surface area is 122 Å². The van der Waals surface area contributed by atoms with Crippen LogP contribution in [0.4, 0.5) is 11.6 Å². The highest BCUT2D eigenvalue weighted by molar-refractivity contribution is 5.49. The van der Waals surface area contributed by atoms with Gasteiger partial charge >= 0.3 is 0 Å². The summed E-state index contributed by atoms with van der Waals surface area (Å²) in [6.45, 7) is 8.97. The van der Waals surface area contributed by atoms with Crippen molar-refractivity contribution in [2.75, 3.05) is 36.5 Å². The number of hydrogen-bond acceptors (Lipinski definition) is 5. The lowest BCUT2D eigenvalue weighted by Gasteiger charge is -2.23. The number of hydrogen-bond donors (Lipinski definition) is 2. The number of nitrogens with one attached hydrogen (secondary N) is 1. The molecule has 20 heavy (non-hydrogen) atoms. The molecule has 0 saturated carbocycles. The molecule has 0 unspecified atom stereocenters. The molecule has 1 rings (SSSR count). The number of aryl methyl sites for hydroxylation is 1. The van der Waals surface area contributed by atoms with E-state index in [1.54, 1.807) is 0 Å². The minimum absolute atomic E-state index is 0.144. The third-order valence-corrected chi connectivity index (χ3v) is 2.98. The molecule has 0 atom stereocenters.